The lowest BCUT2D eigenvalue weighted by Crippen LogP contribution is -2.57. The van der Waals surface area contributed by atoms with Crippen molar-refractivity contribution in [3.63, 3.8) is 0 Å². The van der Waals surface area contributed by atoms with Crippen molar-refractivity contribution in [2.45, 2.75) is 26.7 Å². The van der Waals surface area contributed by atoms with Crippen LogP contribution in [0.4, 0.5) is 10.5 Å². The highest BCUT2D eigenvalue weighted by atomic mass is 16.5. The van der Waals surface area contributed by atoms with Gasteiger partial charge in [0, 0.05) is 7.11 Å². The fraction of sp³-hybridized carbons (Fsp3) is 0.320. The summed E-state index contributed by atoms with van der Waals surface area (Å²) in [6.07, 6.45) is 1.56. The Morgan fingerprint density at radius 2 is 1.69 bits per heavy atom. The number of methoxy groups -OCH3 is 2. The maximum Gasteiger partial charge on any atom is 0.338 e. The molecule has 0 aromatic heterocycles. The maximum absolute atomic E-state index is 13.4. The Morgan fingerprint density at radius 1 is 1.00 bits per heavy atom. The third-order valence-corrected chi connectivity index (χ3v) is 5.40. The number of ether oxygens (including phenoxy) is 2. The molecule has 0 saturated carbocycles. The van der Waals surface area contributed by atoms with Crippen LogP contribution in [0.3, 0.4) is 0 Å². The third kappa shape index (κ3) is 4.43. The molecule has 1 saturated heterocycles. The molecule has 1 fully saturated rings. The highest BCUT2D eigenvalue weighted by molar-refractivity contribution is 6.39. The van der Waals surface area contributed by atoms with E-state index in [1.54, 1.807) is 43.5 Å². The monoisotopic (exact) mass is 436 g/mol. The number of rotatable bonds is 7. The summed E-state index contributed by atoms with van der Waals surface area (Å²) in [4.78, 5) is 41.7. The van der Waals surface area contributed by atoms with Crippen LogP contribution in [0.1, 0.15) is 36.5 Å². The van der Waals surface area contributed by atoms with Crippen LogP contribution in [-0.2, 0) is 14.3 Å². The number of aryl methyl sites for hydroxylation is 1. The van der Waals surface area contributed by atoms with Crippen molar-refractivity contribution < 1.29 is 23.9 Å². The highest BCUT2D eigenvalue weighted by Crippen LogP contribution is 2.32. The molecule has 7 nitrogen and oxygen atoms in total. The molecule has 3 rings (SSSR count). The number of nitrogens with zero attached hydrogens (tertiary/aromatic N) is 2. The Labute approximate surface area is 188 Å². The second kappa shape index (κ2) is 9.78. The number of barbiturate groups is 1. The van der Waals surface area contributed by atoms with E-state index in [0.29, 0.717) is 5.69 Å². The van der Waals surface area contributed by atoms with Crippen LogP contribution in [0, 0.1) is 6.92 Å². The molecular weight excluding hydrogens is 408 g/mol. The number of carbonyl (C=O) groups excluding carboxylic acids is 3. The summed E-state index contributed by atoms with van der Waals surface area (Å²) in [5, 5.41) is 0. The van der Waals surface area contributed by atoms with E-state index in [4.69, 9.17) is 9.47 Å². The lowest BCUT2D eigenvalue weighted by atomic mass is 9.94. The number of para-hydroxylation sites is 1. The van der Waals surface area contributed by atoms with Crippen LogP contribution >= 0.6 is 0 Å². The van der Waals surface area contributed by atoms with Gasteiger partial charge < -0.3 is 9.47 Å². The number of anilines is 1. The summed E-state index contributed by atoms with van der Waals surface area (Å²) in [5.74, 6) is -0.350. The summed E-state index contributed by atoms with van der Waals surface area (Å²) < 4.78 is 10.6. The van der Waals surface area contributed by atoms with Gasteiger partial charge in [-0.25, -0.2) is 9.69 Å². The average molecular weight is 437 g/mol. The largest absolute Gasteiger partial charge is 0.496 e. The van der Waals surface area contributed by atoms with Gasteiger partial charge in [0.05, 0.1) is 25.9 Å². The van der Waals surface area contributed by atoms with Crippen molar-refractivity contribution in [2.75, 3.05) is 32.3 Å². The van der Waals surface area contributed by atoms with Gasteiger partial charge in [-0.15, -0.1) is 0 Å². The quantitative estimate of drug-likeness (QED) is 0.481. The molecule has 0 bridgehead atoms. The topological polar surface area (TPSA) is 76.2 Å². The van der Waals surface area contributed by atoms with Gasteiger partial charge in [0.25, 0.3) is 11.8 Å². The van der Waals surface area contributed by atoms with Gasteiger partial charge in [-0.1, -0.05) is 32.0 Å². The molecule has 1 aliphatic heterocycles. The average Bonchev–Trinajstić information content (AvgIpc) is 2.77. The Kier molecular flexibility index (Phi) is 7.10. The molecule has 0 unspecified atom stereocenters. The zero-order valence-electron chi connectivity index (χ0n) is 19.0. The van der Waals surface area contributed by atoms with Gasteiger partial charge in [-0.05, 0) is 59.9 Å². The van der Waals surface area contributed by atoms with E-state index in [-0.39, 0.29) is 24.6 Å². The van der Waals surface area contributed by atoms with Gasteiger partial charge in [0.15, 0.2) is 0 Å². The van der Waals surface area contributed by atoms with E-state index in [1.807, 2.05) is 32.9 Å². The maximum atomic E-state index is 13.4. The van der Waals surface area contributed by atoms with Gasteiger partial charge in [-0.3, -0.25) is 14.5 Å². The first kappa shape index (κ1) is 23.2. The van der Waals surface area contributed by atoms with Crippen molar-refractivity contribution in [1.29, 1.82) is 0 Å². The first-order valence-corrected chi connectivity index (χ1v) is 10.4. The molecule has 32 heavy (non-hydrogen) atoms. The van der Waals surface area contributed by atoms with Crippen LogP contribution in [0.5, 0.6) is 5.75 Å². The smallest absolute Gasteiger partial charge is 0.338 e. The van der Waals surface area contributed by atoms with Gasteiger partial charge >= 0.3 is 6.03 Å². The number of hydrogen-bond acceptors (Lipinski definition) is 5. The normalized spacial score (nSPS) is 15.8. The van der Waals surface area contributed by atoms with E-state index >= 15 is 0 Å². The van der Waals surface area contributed by atoms with Crippen molar-refractivity contribution in [3.05, 3.63) is 64.7 Å². The predicted molar refractivity (Wildman–Crippen MR) is 123 cm³/mol. The number of amides is 4. The molecular formula is C25H28N2O5. The third-order valence-electron chi connectivity index (χ3n) is 5.40. The lowest BCUT2D eigenvalue weighted by molar-refractivity contribution is -0.129. The molecule has 2 aromatic rings. The van der Waals surface area contributed by atoms with E-state index in [1.165, 1.54) is 7.11 Å². The van der Waals surface area contributed by atoms with Crippen LogP contribution in [-0.4, -0.2) is 50.1 Å². The van der Waals surface area contributed by atoms with Gasteiger partial charge in [0.2, 0.25) is 0 Å². The molecule has 1 heterocycles. The molecule has 0 N–H and O–H groups in total. The minimum absolute atomic E-state index is 0.0426. The number of benzene rings is 2. The van der Waals surface area contributed by atoms with Crippen molar-refractivity contribution >= 4 is 29.6 Å². The first-order valence-electron chi connectivity index (χ1n) is 10.4. The second-order valence-electron chi connectivity index (χ2n) is 7.87. The van der Waals surface area contributed by atoms with Gasteiger partial charge in [-0.2, -0.15) is 0 Å². The summed E-state index contributed by atoms with van der Waals surface area (Å²) in [5.41, 5.74) is 2.87. The Bertz CT molecular complexity index is 1060. The predicted octanol–water partition coefficient (Wildman–Crippen LogP) is 4.15. The van der Waals surface area contributed by atoms with Crippen LogP contribution < -0.4 is 9.64 Å². The molecule has 4 amide bonds. The fourth-order valence-electron chi connectivity index (χ4n) is 3.61. The van der Waals surface area contributed by atoms with E-state index in [0.717, 1.165) is 32.2 Å². The summed E-state index contributed by atoms with van der Waals surface area (Å²) >= 11 is 0. The standard InChI is InChI=1S/C25H28N2O5/c1-16(2)20-14-18(17(3)13-22(20)32-5)15-21-23(28)26(11-12-31-4)25(30)27(24(21)29)19-9-7-6-8-10-19/h6-10,13-16H,11-12H2,1-5H3. The first-order chi connectivity index (χ1) is 15.3. The molecule has 1 aliphatic rings. The number of hydrogen-bond donors (Lipinski definition) is 0. The number of carbonyl (C=O) groups is 3. The van der Waals surface area contributed by atoms with E-state index in [9.17, 15) is 14.4 Å². The zero-order chi connectivity index (χ0) is 23.4. The van der Waals surface area contributed by atoms with Crippen LogP contribution in [0.25, 0.3) is 6.08 Å². The molecule has 0 radical (unpaired) electrons. The summed E-state index contributed by atoms with van der Waals surface area (Å²) in [6, 6.07) is 11.7. The van der Waals surface area contributed by atoms with Crippen molar-refractivity contribution in [3.8, 4) is 5.75 Å². The van der Waals surface area contributed by atoms with Crippen molar-refractivity contribution in [1.82, 2.24) is 4.90 Å². The molecule has 168 valence electrons. The number of urea groups is 1. The van der Waals surface area contributed by atoms with E-state index in [2.05, 4.69) is 0 Å². The summed E-state index contributed by atoms with van der Waals surface area (Å²) in [7, 11) is 3.11. The molecule has 0 aliphatic carbocycles. The SMILES string of the molecule is COCCN1C(=O)C(=Cc2cc(C(C)C)c(OC)cc2C)C(=O)N(c2ccccc2)C1=O. The Hall–Kier alpha value is -3.45. The molecule has 0 spiro atoms. The minimum atomic E-state index is -0.685. The zero-order valence-corrected chi connectivity index (χ0v) is 19.0. The second-order valence-corrected chi connectivity index (χ2v) is 7.87. The number of imide groups is 2. The van der Waals surface area contributed by atoms with Crippen LogP contribution in [0.15, 0.2) is 48.0 Å². The van der Waals surface area contributed by atoms with Gasteiger partial charge in [0.1, 0.15) is 11.3 Å². The summed E-state index contributed by atoms with van der Waals surface area (Å²) in [6.45, 7) is 6.19. The van der Waals surface area contributed by atoms with E-state index < -0.39 is 17.8 Å². The lowest BCUT2D eigenvalue weighted by Gasteiger charge is -2.33. The Morgan fingerprint density at radius 3 is 2.28 bits per heavy atom. The fourth-order valence-corrected chi connectivity index (χ4v) is 3.61. The minimum Gasteiger partial charge on any atom is -0.496 e. The van der Waals surface area contributed by atoms with Crippen molar-refractivity contribution in [2.24, 2.45) is 0 Å². The highest BCUT2D eigenvalue weighted by Gasteiger charge is 2.42. The van der Waals surface area contributed by atoms with Crippen LogP contribution in [0.2, 0.25) is 0 Å². The molecule has 0 atom stereocenters. The molecule has 2 aromatic carbocycles. The molecule has 7 heteroatoms. The Balaban J connectivity index is 2.14.